The number of nitrogens with zero attached hydrogens (tertiary/aromatic N) is 1. The highest BCUT2D eigenvalue weighted by atomic mass is 35.5. The summed E-state index contributed by atoms with van der Waals surface area (Å²) >= 11 is 5.98. The SMILES string of the molecule is CCN(CC)C(=O)c1ccc(NC(=O)NC(C)c2cccc(Cl)c2)cc1. The van der Waals surface area contributed by atoms with Crippen LogP contribution in [0.15, 0.2) is 48.5 Å². The Morgan fingerprint density at radius 3 is 2.31 bits per heavy atom. The first-order chi connectivity index (χ1) is 12.4. The van der Waals surface area contributed by atoms with Crippen molar-refractivity contribution >= 4 is 29.2 Å². The highest BCUT2D eigenvalue weighted by molar-refractivity contribution is 6.30. The first-order valence-electron chi connectivity index (χ1n) is 8.66. The average molecular weight is 374 g/mol. The summed E-state index contributed by atoms with van der Waals surface area (Å²) in [5.41, 5.74) is 2.15. The number of anilines is 1. The molecule has 138 valence electrons. The Bertz CT molecular complexity index is 758. The van der Waals surface area contributed by atoms with Crippen LogP contribution in [0, 0.1) is 0 Å². The molecular formula is C20H24ClN3O2. The first-order valence-corrected chi connectivity index (χ1v) is 9.04. The van der Waals surface area contributed by atoms with Gasteiger partial charge in [0.05, 0.1) is 6.04 Å². The van der Waals surface area contributed by atoms with Crippen LogP contribution in [0.1, 0.15) is 42.7 Å². The van der Waals surface area contributed by atoms with Crippen LogP contribution in [0.2, 0.25) is 5.02 Å². The van der Waals surface area contributed by atoms with Crippen LogP contribution in [-0.2, 0) is 0 Å². The van der Waals surface area contributed by atoms with Gasteiger partial charge in [0.1, 0.15) is 0 Å². The van der Waals surface area contributed by atoms with E-state index in [9.17, 15) is 9.59 Å². The van der Waals surface area contributed by atoms with Crippen molar-refractivity contribution in [3.8, 4) is 0 Å². The molecule has 2 aromatic rings. The van der Waals surface area contributed by atoms with Crippen LogP contribution in [0.25, 0.3) is 0 Å². The molecule has 0 heterocycles. The number of carbonyl (C=O) groups excluding carboxylic acids is 2. The molecule has 26 heavy (non-hydrogen) atoms. The van der Waals surface area contributed by atoms with Crippen molar-refractivity contribution in [1.29, 1.82) is 0 Å². The zero-order valence-electron chi connectivity index (χ0n) is 15.3. The highest BCUT2D eigenvalue weighted by Gasteiger charge is 2.13. The molecule has 0 fully saturated rings. The van der Waals surface area contributed by atoms with Crippen molar-refractivity contribution in [3.05, 3.63) is 64.7 Å². The van der Waals surface area contributed by atoms with E-state index in [2.05, 4.69) is 10.6 Å². The lowest BCUT2D eigenvalue weighted by Gasteiger charge is -2.19. The minimum Gasteiger partial charge on any atom is -0.339 e. The number of halogens is 1. The van der Waals surface area contributed by atoms with Crippen molar-refractivity contribution in [2.75, 3.05) is 18.4 Å². The van der Waals surface area contributed by atoms with E-state index < -0.39 is 0 Å². The topological polar surface area (TPSA) is 61.4 Å². The van der Waals surface area contributed by atoms with Crippen molar-refractivity contribution in [3.63, 3.8) is 0 Å². The lowest BCUT2D eigenvalue weighted by atomic mass is 10.1. The molecule has 5 nitrogen and oxygen atoms in total. The Kier molecular flexibility index (Phi) is 7.04. The molecule has 6 heteroatoms. The van der Waals surface area contributed by atoms with E-state index in [1.807, 2.05) is 39.0 Å². The number of rotatable bonds is 6. The van der Waals surface area contributed by atoms with Crippen LogP contribution in [0.3, 0.4) is 0 Å². The van der Waals surface area contributed by atoms with Gasteiger partial charge in [-0.05, 0) is 62.7 Å². The molecule has 0 saturated heterocycles. The standard InChI is InChI=1S/C20H24ClN3O2/c1-4-24(5-2)19(25)15-9-11-18(12-10-15)23-20(26)22-14(3)16-7-6-8-17(21)13-16/h6-14H,4-5H2,1-3H3,(H2,22,23,26). The van der Waals surface area contributed by atoms with Gasteiger partial charge in [-0.25, -0.2) is 4.79 Å². The highest BCUT2D eigenvalue weighted by Crippen LogP contribution is 2.18. The van der Waals surface area contributed by atoms with Gasteiger partial charge in [0.25, 0.3) is 5.91 Å². The minimum absolute atomic E-state index is 0.0134. The van der Waals surface area contributed by atoms with Gasteiger partial charge in [0, 0.05) is 29.4 Å². The summed E-state index contributed by atoms with van der Waals surface area (Å²) in [5.74, 6) is -0.0134. The van der Waals surface area contributed by atoms with Gasteiger partial charge in [-0.2, -0.15) is 0 Å². The number of nitrogens with one attached hydrogen (secondary N) is 2. The fourth-order valence-corrected chi connectivity index (χ4v) is 2.81. The minimum atomic E-state index is -0.319. The Morgan fingerprint density at radius 2 is 1.73 bits per heavy atom. The zero-order chi connectivity index (χ0) is 19.1. The van der Waals surface area contributed by atoms with E-state index >= 15 is 0 Å². The third-order valence-corrected chi connectivity index (χ3v) is 4.37. The fraction of sp³-hybridized carbons (Fsp3) is 0.300. The summed E-state index contributed by atoms with van der Waals surface area (Å²) in [6.07, 6.45) is 0. The maximum atomic E-state index is 12.3. The van der Waals surface area contributed by atoms with E-state index in [-0.39, 0.29) is 18.0 Å². The predicted molar refractivity (Wildman–Crippen MR) is 106 cm³/mol. The molecule has 0 aliphatic rings. The summed E-state index contributed by atoms with van der Waals surface area (Å²) in [5, 5.41) is 6.26. The van der Waals surface area contributed by atoms with Gasteiger partial charge in [-0.3, -0.25) is 4.79 Å². The Morgan fingerprint density at radius 1 is 1.08 bits per heavy atom. The number of amides is 3. The molecule has 0 radical (unpaired) electrons. The molecule has 2 rings (SSSR count). The van der Waals surface area contributed by atoms with Crippen molar-refractivity contribution in [2.45, 2.75) is 26.8 Å². The first kappa shape index (κ1) is 19.8. The van der Waals surface area contributed by atoms with Gasteiger partial charge >= 0.3 is 6.03 Å². The van der Waals surface area contributed by atoms with Crippen molar-refractivity contribution in [1.82, 2.24) is 10.2 Å². The van der Waals surface area contributed by atoms with Gasteiger partial charge in [-0.15, -0.1) is 0 Å². The lowest BCUT2D eigenvalue weighted by Crippen LogP contribution is -2.31. The number of hydrogen-bond acceptors (Lipinski definition) is 2. The summed E-state index contributed by atoms with van der Waals surface area (Å²) in [4.78, 5) is 26.2. The molecule has 0 aliphatic heterocycles. The molecule has 0 bridgehead atoms. The van der Waals surface area contributed by atoms with E-state index in [0.29, 0.717) is 29.4 Å². The molecule has 0 saturated carbocycles. The normalized spacial score (nSPS) is 11.5. The van der Waals surface area contributed by atoms with Gasteiger partial charge in [0.2, 0.25) is 0 Å². The molecule has 0 aliphatic carbocycles. The summed E-state index contributed by atoms with van der Waals surface area (Å²) in [6, 6.07) is 13.7. The third kappa shape index (κ3) is 5.23. The van der Waals surface area contributed by atoms with E-state index in [1.54, 1.807) is 35.2 Å². The largest absolute Gasteiger partial charge is 0.339 e. The van der Waals surface area contributed by atoms with Crippen molar-refractivity contribution in [2.24, 2.45) is 0 Å². The number of benzene rings is 2. The fourth-order valence-electron chi connectivity index (χ4n) is 2.61. The molecule has 2 N–H and O–H groups in total. The van der Waals surface area contributed by atoms with Gasteiger partial charge < -0.3 is 15.5 Å². The second-order valence-electron chi connectivity index (χ2n) is 5.93. The maximum Gasteiger partial charge on any atom is 0.319 e. The smallest absolute Gasteiger partial charge is 0.319 e. The van der Waals surface area contributed by atoms with Gasteiger partial charge in [0.15, 0.2) is 0 Å². The molecule has 1 unspecified atom stereocenters. The van der Waals surface area contributed by atoms with Crippen molar-refractivity contribution < 1.29 is 9.59 Å². The van der Waals surface area contributed by atoms with E-state index in [0.717, 1.165) is 5.56 Å². The number of urea groups is 1. The molecule has 0 spiro atoms. The summed E-state index contributed by atoms with van der Waals surface area (Å²) in [6.45, 7) is 7.11. The number of carbonyl (C=O) groups is 2. The molecular weight excluding hydrogens is 350 g/mol. The van der Waals surface area contributed by atoms with Crippen LogP contribution in [-0.4, -0.2) is 29.9 Å². The zero-order valence-corrected chi connectivity index (χ0v) is 16.0. The lowest BCUT2D eigenvalue weighted by molar-refractivity contribution is 0.0773. The molecule has 1 atom stereocenters. The Labute approximate surface area is 159 Å². The summed E-state index contributed by atoms with van der Waals surface area (Å²) < 4.78 is 0. The average Bonchev–Trinajstić information content (AvgIpc) is 2.63. The van der Waals surface area contributed by atoms with Crippen LogP contribution >= 0.6 is 11.6 Å². The second kappa shape index (κ2) is 9.25. The molecule has 3 amide bonds. The Balaban J connectivity index is 1.96. The van der Waals surface area contributed by atoms with Gasteiger partial charge in [-0.1, -0.05) is 23.7 Å². The van der Waals surface area contributed by atoms with E-state index in [1.165, 1.54) is 0 Å². The quantitative estimate of drug-likeness (QED) is 0.770. The monoisotopic (exact) mass is 373 g/mol. The van der Waals surface area contributed by atoms with Crippen LogP contribution in [0.5, 0.6) is 0 Å². The van der Waals surface area contributed by atoms with Crippen LogP contribution < -0.4 is 10.6 Å². The molecule has 2 aromatic carbocycles. The summed E-state index contributed by atoms with van der Waals surface area (Å²) in [7, 11) is 0. The predicted octanol–water partition coefficient (Wildman–Crippen LogP) is 4.70. The number of hydrogen-bond donors (Lipinski definition) is 2. The molecule has 0 aromatic heterocycles. The van der Waals surface area contributed by atoms with Crippen LogP contribution in [0.4, 0.5) is 10.5 Å². The van der Waals surface area contributed by atoms with E-state index in [4.69, 9.17) is 11.6 Å². The third-order valence-electron chi connectivity index (χ3n) is 4.14. The second-order valence-corrected chi connectivity index (χ2v) is 6.37. The Hall–Kier alpha value is -2.53. The maximum absolute atomic E-state index is 12.3.